The molecular formula is C16H17N5O8S. The Morgan fingerprint density at radius 1 is 1.47 bits per heavy atom. The number of hydrogen-bond acceptors (Lipinski definition) is 9. The van der Waals surface area contributed by atoms with Gasteiger partial charge in [0.25, 0.3) is 11.8 Å². The molecule has 0 bridgehead atoms. The van der Waals surface area contributed by atoms with Crippen LogP contribution in [0.5, 0.6) is 0 Å². The van der Waals surface area contributed by atoms with Crippen molar-refractivity contribution in [3.05, 3.63) is 33.3 Å². The molecule has 2 aliphatic heterocycles. The minimum atomic E-state index is -1.36. The summed E-state index contributed by atoms with van der Waals surface area (Å²) < 4.78 is 6.07. The summed E-state index contributed by atoms with van der Waals surface area (Å²) in [6.07, 6.45) is 1.12. The molecule has 2 aliphatic rings. The number of hydrogen-bond donors (Lipinski definition) is 2. The number of nitrogens with zero attached hydrogens (tertiary/aromatic N) is 4. The number of carbonyl (C=O) groups excluding carboxylic acids is 3. The fourth-order valence-electron chi connectivity index (χ4n) is 3.06. The topological polar surface area (TPSA) is 174 Å². The van der Waals surface area contributed by atoms with Gasteiger partial charge in [-0.25, -0.2) is 4.79 Å². The van der Waals surface area contributed by atoms with Crippen molar-refractivity contribution in [3.8, 4) is 0 Å². The fraction of sp³-hybridized carbons (Fsp3) is 0.438. The molecule has 0 aliphatic carbocycles. The van der Waals surface area contributed by atoms with Gasteiger partial charge >= 0.3 is 17.6 Å². The highest BCUT2D eigenvalue weighted by molar-refractivity contribution is 8.00. The second kappa shape index (κ2) is 8.14. The van der Waals surface area contributed by atoms with Gasteiger partial charge in [0.2, 0.25) is 5.69 Å². The highest BCUT2D eigenvalue weighted by atomic mass is 32.2. The summed E-state index contributed by atoms with van der Waals surface area (Å²) in [5, 5.41) is 26.2. The third-order valence-electron chi connectivity index (χ3n) is 4.46. The van der Waals surface area contributed by atoms with Crippen LogP contribution in [-0.4, -0.2) is 72.2 Å². The molecule has 160 valence electrons. The van der Waals surface area contributed by atoms with E-state index in [1.807, 2.05) is 0 Å². The monoisotopic (exact) mass is 439 g/mol. The number of rotatable bonds is 7. The quantitative estimate of drug-likeness (QED) is 0.249. The minimum Gasteiger partial charge on any atom is -0.477 e. The predicted octanol–water partition coefficient (Wildman–Crippen LogP) is -0.273. The molecule has 3 heterocycles. The first-order valence-corrected chi connectivity index (χ1v) is 9.76. The Morgan fingerprint density at radius 2 is 2.17 bits per heavy atom. The van der Waals surface area contributed by atoms with Crippen LogP contribution in [0.2, 0.25) is 0 Å². The molecule has 1 fully saturated rings. The molecule has 0 saturated carbocycles. The number of nitrogens with one attached hydrogen (secondary N) is 1. The van der Waals surface area contributed by atoms with Gasteiger partial charge in [0, 0.05) is 24.8 Å². The number of esters is 1. The number of thioether (sulfide) groups is 1. The Kier molecular flexibility index (Phi) is 5.78. The Balaban J connectivity index is 1.79. The van der Waals surface area contributed by atoms with E-state index >= 15 is 0 Å². The summed E-state index contributed by atoms with van der Waals surface area (Å²) >= 11 is 1.18. The molecule has 30 heavy (non-hydrogen) atoms. The second-order valence-electron chi connectivity index (χ2n) is 6.37. The van der Waals surface area contributed by atoms with E-state index in [1.54, 1.807) is 6.92 Å². The third-order valence-corrected chi connectivity index (χ3v) is 5.80. The largest absolute Gasteiger partial charge is 0.477 e. The second-order valence-corrected chi connectivity index (χ2v) is 7.48. The number of aliphatic carboxylic acids is 1. The Labute approximate surface area is 173 Å². The van der Waals surface area contributed by atoms with Crippen molar-refractivity contribution >= 4 is 41.2 Å². The normalized spacial score (nSPS) is 20.3. The molecule has 13 nitrogen and oxygen atoms in total. The molecule has 1 aromatic heterocycles. The van der Waals surface area contributed by atoms with Crippen LogP contribution in [0.3, 0.4) is 0 Å². The van der Waals surface area contributed by atoms with E-state index in [4.69, 9.17) is 4.74 Å². The lowest BCUT2D eigenvalue weighted by Gasteiger charge is -2.49. The molecule has 2 atom stereocenters. The van der Waals surface area contributed by atoms with E-state index in [0.717, 1.165) is 11.1 Å². The summed E-state index contributed by atoms with van der Waals surface area (Å²) in [4.78, 5) is 59.2. The zero-order chi connectivity index (χ0) is 22.2. The number of ether oxygens (including phenoxy) is 1. The van der Waals surface area contributed by atoms with Crippen molar-refractivity contribution in [2.24, 2.45) is 0 Å². The predicted molar refractivity (Wildman–Crippen MR) is 100 cm³/mol. The lowest BCUT2D eigenvalue weighted by atomic mass is 10.0. The van der Waals surface area contributed by atoms with Gasteiger partial charge in [-0.05, 0) is 6.92 Å². The van der Waals surface area contributed by atoms with Crippen molar-refractivity contribution in [2.45, 2.75) is 31.8 Å². The van der Waals surface area contributed by atoms with Crippen LogP contribution in [0.15, 0.2) is 17.5 Å². The van der Waals surface area contributed by atoms with E-state index in [1.165, 1.54) is 23.4 Å². The molecule has 1 aromatic rings. The fourth-order valence-corrected chi connectivity index (χ4v) is 4.39. The van der Waals surface area contributed by atoms with Gasteiger partial charge < -0.3 is 15.2 Å². The average Bonchev–Trinajstić information content (AvgIpc) is 3.14. The number of amides is 2. The molecular weight excluding hydrogens is 422 g/mol. The van der Waals surface area contributed by atoms with Crippen LogP contribution in [0, 0.1) is 10.1 Å². The van der Waals surface area contributed by atoms with Crippen LogP contribution in [0.25, 0.3) is 0 Å². The van der Waals surface area contributed by atoms with Gasteiger partial charge in [0.05, 0.1) is 4.92 Å². The van der Waals surface area contributed by atoms with E-state index in [2.05, 4.69) is 10.4 Å². The number of carbonyl (C=O) groups is 4. The maximum atomic E-state index is 12.6. The summed E-state index contributed by atoms with van der Waals surface area (Å²) in [6.45, 7) is 2.91. The van der Waals surface area contributed by atoms with Crippen molar-refractivity contribution in [2.75, 3.05) is 12.4 Å². The average molecular weight is 439 g/mol. The Bertz CT molecular complexity index is 986. The molecule has 14 heteroatoms. The zero-order valence-electron chi connectivity index (χ0n) is 15.9. The van der Waals surface area contributed by atoms with Gasteiger partial charge in [-0.1, -0.05) is 0 Å². The Hall–Kier alpha value is -3.42. The number of carboxylic acid groups (broad SMARTS) is 1. The summed E-state index contributed by atoms with van der Waals surface area (Å²) in [7, 11) is 0. The highest BCUT2D eigenvalue weighted by Gasteiger charge is 2.54. The van der Waals surface area contributed by atoms with Crippen LogP contribution in [0.1, 0.15) is 24.3 Å². The molecule has 2 amide bonds. The van der Waals surface area contributed by atoms with E-state index in [9.17, 15) is 34.4 Å². The van der Waals surface area contributed by atoms with E-state index in [0.29, 0.717) is 6.54 Å². The van der Waals surface area contributed by atoms with Crippen LogP contribution in [0.4, 0.5) is 5.69 Å². The molecule has 0 unspecified atom stereocenters. The van der Waals surface area contributed by atoms with Crippen molar-refractivity contribution in [1.82, 2.24) is 20.0 Å². The van der Waals surface area contributed by atoms with Gasteiger partial charge in [-0.15, -0.1) is 11.8 Å². The SMILES string of the molecule is CCn1cc([N+](=O)[O-])c(C(=O)N[C@H]2C(=O)N3C(C(=O)O)=C(COC(C)=O)CS[C@@H]23)n1. The summed E-state index contributed by atoms with van der Waals surface area (Å²) in [5.41, 5.74) is -0.964. The molecule has 0 radical (unpaired) electrons. The number of aromatic nitrogens is 2. The molecule has 2 N–H and O–H groups in total. The number of fused-ring (bicyclic) bond motifs is 1. The van der Waals surface area contributed by atoms with Crippen LogP contribution >= 0.6 is 11.8 Å². The first kappa shape index (κ1) is 21.3. The van der Waals surface area contributed by atoms with Gasteiger partial charge in [0.15, 0.2) is 0 Å². The third kappa shape index (κ3) is 3.72. The van der Waals surface area contributed by atoms with Gasteiger partial charge in [-0.3, -0.25) is 34.1 Å². The first-order chi connectivity index (χ1) is 14.1. The lowest BCUT2D eigenvalue weighted by molar-refractivity contribution is -0.385. The minimum absolute atomic E-state index is 0.167. The van der Waals surface area contributed by atoms with E-state index in [-0.39, 0.29) is 23.6 Å². The number of nitro groups is 1. The maximum absolute atomic E-state index is 12.6. The molecule has 1 saturated heterocycles. The highest BCUT2D eigenvalue weighted by Crippen LogP contribution is 2.40. The number of aryl methyl sites for hydroxylation is 1. The van der Waals surface area contributed by atoms with Crippen LogP contribution < -0.4 is 5.32 Å². The smallest absolute Gasteiger partial charge is 0.352 e. The Morgan fingerprint density at radius 3 is 2.73 bits per heavy atom. The first-order valence-electron chi connectivity index (χ1n) is 8.71. The standard InChI is InChI=1S/C16H17N5O8S/c1-3-19-4-9(21(27)28)10(18-19)13(23)17-11-14(24)20-12(16(25)26)8(5-29-7(2)22)6-30-15(11)20/h4,11,15H,3,5-6H2,1-2H3,(H,17,23)(H,25,26)/t11-,15-/m0/s1. The molecule has 3 rings (SSSR count). The molecule has 0 aromatic carbocycles. The number of β-lactam (4-membered cyclic amide) rings is 1. The van der Waals surface area contributed by atoms with Crippen molar-refractivity contribution in [3.63, 3.8) is 0 Å². The van der Waals surface area contributed by atoms with Gasteiger partial charge in [0.1, 0.15) is 29.9 Å². The van der Waals surface area contributed by atoms with Crippen molar-refractivity contribution in [1.29, 1.82) is 0 Å². The lowest BCUT2D eigenvalue weighted by Crippen LogP contribution is -2.70. The zero-order valence-corrected chi connectivity index (χ0v) is 16.7. The van der Waals surface area contributed by atoms with Crippen molar-refractivity contribution < 1.29 is 33.9 Å². The summed E-state index contributed by atoms with van der Waals surface area (Å²) in [5.74, 6) is -3.37. The summed E-state index contributed by atoms with van der Waals surface area (Å²) in [6, 6.07) is -1.07. The molecule has 0 spiro atoms. The van der Waals surface area contributed by atoms with Gasteiger partial charge in [-0.2, -0.15) is 5.10 Å². The van der Waals surface area contributed by atoms with Crippen LogP contribution in [-0.2, 0) is 25.7 Å². The van der Waals surface area contributed by atoms with E-state index < -0.39 is 51.5 Å². The number of carboxylic acids is 1. The maximum Gasteiger partial charge on any atom is 0.352 e.